The molecule has 2 aromatic heterocycles. The van der Waals surface area contributed by atoms with Crippen LogP contribution in [0.4, 0.5) is 0 Å². The zero-order chi connectivity index (χ0) is 17.6. The molecule has 3 aromatic rings. The molecule has 0 unspecified atom stereocenters. The molecule has 0 saturated heterocycles. The van der Waals surface area contributed by atoms with E-state index < -0.39 is 0 Å². The van der Waals surface area contributed by atoms with Gasteiger partial charge in [-0.25, -0.2) is 4.98 Å². The van der Waals surface area contributed by atoms with Crippen LogP contribution in [0.2, 0.25) is 0 Å². The molecule has 0 spiro atoms. The molecule has 1 aromatic carbocycles. The molecule has 3 rings (SSSR count). The lowest BCUT2D eigenvalue weighted by Crippen LogP contribution is -2.23. The Kier molecular flexibility index (Phi) is 5.78. The van der Waals surface area contributed by atoms with Crippen LogP contribution in [-0.4, -0.2) is 27.9 Å². The number of pyridine rings is 1. The van der Waals surface area contributed by atoms with Gasteiger partial charge in [0.1, 0.15) is 5.01 Å². The lowest BCUT2D eigenvalue weighted by Gasteiger charge is -2.06. The maximum atomic E-state index is 12.2. The molecule has 0 aliphatic heterocycles. The van der Waals surface area contributed by atoms with Crippen LogP contribution >= 0.6 is 23.1 Å². The molecule has 25 heavy (non-hydrogen) atoms. The van der Waals surface area contributed by atoms with E-state index in [9.17, 15) is 9.59 Å². The van der Waals surface area contributed by atoms with Crippen molar-refractivity contribution in [2.75, 3.05) is 12.0 Å². The minimum Gasteiger partial charge on any atom is -0.350 e. The highest BCUT2D eigenvalue weighted by Gasteiger charge is 2.09. The maximum Gasteiger partial charge on any atom is 0.279 e. The van der Waals surface area contributed by atoms with Crippen molar-refractivity contribution in [2.24, 2.45) is 0 Å². The van der Waals surface area contributed by atoms with Crippen molar-refractivity contribution in [1.82, 2.24) is 15.3 Å². The van der Waals surface area contributed by atoms with Crippen molar-refractivity contribution in [3.8, 4) is 10.7 Å². The fourth-order valence-corrected chi connectivity index (χ4v) is 3.65. The summed E-state index contributed by atoms with van der Waals surface area (Å²) in [6.07, 6.45) is 2.47. The molecule has 1 amide bonds. The summed E-state index contributed by atoms with van der Waals surface area (Å²) in [5.41, 5.74) is 1.13. The number of amides is 1. The summed E-state index contributed by atoms with van der Waals surface area (Å²) in [7, 11) is 0. The van der Waals surface area contributed by atoms with Gasteiger partial charge in [0, 0.05) is 16.9 Å². The molecule has 0 saturated carbocycles. The van der Waals surface area contributed by atoms with Gasteiger partial charge in [-0.15, -0.1) is 11.3 Å². The number of thioether (sulfide) groups is 1. The second-order valence-corrected chi connectivity index (χ2v) is 7.37. The number of hydrogen-bond donors (Lipinski definition) is 1. The van der Waals surface area contributed by atoms with Crippen molar-refractivity contribution < 1.29 is 4.79 Å². The van der Waals surface area contributed by atoms with E-state index in [1.165, 1.54) is 11.3 Å². The summed E-state index contributed by atoms with van der Waals surface area (Å²) in [4.78, 5) is 32.6. The van der Waals surface area contributed by atoms with Crippen LogP contribution in [0.25, 0.3) is 20.8 Å². The first-order chi connectivity index (χ1) is 12.2. The van der Waals surface area contributed by atoms with Crippen LogP contribution < -0.4 is 10.9 Å². The second kappa shape index (κ2) is 8.22. The smallest absolute Gasteiger partial charge is 0.279 e. The molecule has 1 N–H and O–H groups in total. The molecule has 5 nitrogen and oxygen atoms in total. The van der Waals surface area contributed by atoms with E-state index in [1.54, 1.807) is 17.8 Å². The molecule has 0 fully saturated rings. The van der Waals surface area contributed by atoms with Gasteiger partial charge in [0.2, 0.25) is 5.91 Å². The highest BCUT2D eigenvalue weighted by molar-refractivity contribution is 7.98. The van der Waals surface area contributed by atoms with Gasteiger partial charge in [-0.2, -0.15) is 16.7 Å². The SMILES string of the molecule is CSCCC(=O)NCc1cccc(-c2nc(=O)c3ccccc3s2)n1. The number of aromatic nitrogens is 2. The number of carbonyl (C=O) groups is 1. The number of nitrogens with zero attached hydrogens (tertiary/aromatic N) is 2. The van der Waals surface area contributed by atoms with Gasteiger partial charge in [-0.05, 0) is 30.5 Å². The van der Waals surface area contributed by atoms with Crippen molar-refractivity contribution in [2.45, 2.75) is 13.0 Å². The number of rotatable bonds is 6. The Bertz CT molecular complexity index is 956. The first kappa shape index (κ1) is 17.6. The van der Waals surface area contributed by atoms with Gasteiger partial charge in [0.25, 0.3) is 5.56 Å². The van der Waals surface area contributed by atoms with Crippen molar-refractivity contribution in [3.05, 3.63) is 58.5 Å². The van der Waals surface area contributed by atoms with E-state index in [4.69, 9.17) is 0 Å². The third-order valence-corrected chi connectivity index (χ3v) is 5.24. The fourth-order valence-electron chi connectivity index (χ4n) is 2.29. The average molecular weight is 371 g/mol. The predicted octanol–water partition coefficient (Wildman–Crippen LogP) is 3.09. The summed E-state index contributed by atoms with van der Waals surface area (Å²) >= 11 is 3.08. The van der Waals surface area contributed by atoms with E-state index in [0.717, 1.165) is 16.1 Å². The van der Waals surface area contributed by atoms with E-state index in [-0.39, 0.29) is 11.5 Å². The lowest BCUT2D eigenvalue weighted by molar-refractivity contribution is -0.120. The molecular formula is C18H17N3O2S2. The number of nitrogens with one attached hydrogen (secondary N) is 1. The number of carbonyl (C=O) groups excluding carboxylic acids is 1. The number of hydrogen-bond acceptors (Lipinski definition) is 6. The van der Waals surface area contributed by atoms with Gasteiger partial charge in [0.05, 0.1) is 23.3 Å². The van der Waals surface area contributed by atoms with Crippen molar-refractivity contribution in [1.29, 1.82) is 0 Å². The molecule has 0 radical (unpaired) electrons. The third kappa shape index (κ3) is 4.43. The van der Waals surface area contributed by atoms with Gasteiger partial charge in [0.15, 0.2) is 0 Å². The van der Waals surface area contributed by atoms with Gasteiger partial charge < -0.3 is 5.32 Å². The van der Waals surface area contributed by atoms with Gasteiger partial charge in [-0.1, -0.05) is 18.2 Å². The summed E-state index contributed by atoms with van der Waals surface area (Å²) in [5.74, 6) is 0.809. The predicted molar refractivity (Wildman–Crippen MR) is 104 cm³/mol. The quantitative estimate of drug-likeness (QED) is 0.721. The van der Waals surface area contributed by atoms with Gasteiger partial charge in [-0.3, -0.25) is 9.59 Å². The number of fused-ring (bicyclic) bond motifs is 1. The van der Waals surface area contributed by atoms with E-state index in [1.807, 2.05) is 42.7 Å². The largest absolute Gasteiger partial charge is 0.350 e. The molecule has 0 aliphatic carbocycles. The summed E-state index contributed by atoms with van der Waals surface area (Å²) in [5, 5.41) is 4.06. The van der Waals surface area contributed by atoms with Crippen LogP contribution in [0.5, 0.6) is 0 Å². The molecular weight excluding hydrogens is 354 g/mol. The summed E-state index contributed by atoms with van der Waals surface area (Å²) < 4.78 is 0.884. The summed E-state index contributed by atoms with van der Waals surface area (Å²) in [6, 6.07) is 12.9. The van der Waals surface area contributed by atoms with E-state index in [2.05, 4.69) is 15.3 Å². The van der Waals surface area contributed by atoms with Crippen LogP contribution in [-0.2, 0) is 11.3 Å². The highest BCUT2D eigenvalue weighted by atomic mass is 32.2. The molecule has 7 heteroatoms. The fraction of sp³-hybridized carbons (Fsp3) is 0.222. The third-order valence-electron chi connectivity index (χ3n) is 3.55. The minimum atomic E-state index is -0.248. The molecule has 0 atom stereocenters. The first-order valence-electron chi connectivity index (χ1n) is 7.79. The minimum absolute atomic E-state index is 0.00930. The van der Waals surface area contributed by atoms with E-state index >= 15 is 0 Å². The Morgan fingerprint density at radius 2 is 2.00 bits per heavy atom. The van der Waals surface area contributed by atoms with Crippen LogP contribution in [0.3, 0.4) is 0 Å². The molecule has 0 aliphatic rings. The monoisotopic (exact) mass is 371 g/mol. The Morgan fingerprint density at radius 1 is 1.16 bits per heavy atom. The van der Waals surface area contributed by atoms with Gasteiger partial charge >= 0.3 is 0 Å². The normalized spacial score (nSPS) is 10.8. The van der Waals surface area contributed by atoms with Crippen molar-refractivity contribution in [3.63, 3.8) is 0 Å². The Labute approximate surface area is 153 Å². The average Bonchev–Trinajstić information content (AvgIpc) is 2.65. The first-order valence-corrected chi connectivity index (χ1v) is 10.0. The van der Waals surface area contributed by atoms with E-state index in [0.29, 0.717) is 29.1 Å². The summed E-state index contributed by atoms with van der Waals surface area (Å²) in [6.45, 7) is 0.365. The van der Waals surface area contributed by atoms with Crippen molar-refractivity contribution >= 4 is 39.1 Å². The van der Waals surface area contributed by atoms with Crippen LogP contribution in [0, 0.1) is 0 Å². The Hall–Kier alpha value is -2.25. The maximum absolute atomic E-state index is 12.2. The lowest BCUT2D eigenvalue weighted by atomic mass is 10.3. The molecule has 0 bridgehead atoms. The Morgan fingerprint density at radius 3 is 2.84 bits per heavy atom. The molecule has 2 heterocycles. The zero-order valence-corrected chi connectivity index (χ0v) is 15.3. The number of benzene rings is 1. The topological polar surface area (TPSA) is 72.0 Å². The Balaban J connectivity index is 1.82. The van der Waals surface area contributed by atoms with Crippen LogP contribution in [0.15, 0.2) is 47.3 Å². The molecule has 128 valence electrons. The van der Waals surface area contributed by atoms with Crippen LogP contribution in [0.1, 0.15) is 12.1 Å². The highest BCUT2D eigenvalue weighted by Crippen LogP contribution is 2.24. The standard InChI is InChI=1S/C18H17N3O2S2/c1-24-10-9-16(22)19-11-12-5-4-7-14(20-12)18-21-17(23)13-6-2-3-8-15(13)25-18/h2-8H,9-11H2,1H3,(H,19,22). The zero-order valence-electron chi connectivity index (χ0n) is 13.7. The second-order valence-electron chi connectivity index (χ2n) is 5.35.